The first kappa shape index (κ1) is 24.7. The van der Waals surface area contributed by atoms with Crippen LogP contribution in [0.2, 0.25) is 0 Å². The number of hydrogen-bond donors (Lipinski definition) is 2. The molecule has 0 aliphatic heterocycles. The predicted molar refractivity (Wildman–Crippen MR) is 133 cm³/mol. The number of carbonyl (C=O) groups is 2. The van der Waals surface area contributed by atoms with E-state index in [1.165, 1.54) is 12.4 Å². The van der Waals surface area contributed by atoms with Crippen molar-refractivity contribution in [2.24, 2.45) is 0 Å². The van der Waals surface area contributed by atoms with Crippen LogP contribution in [0.25, 0.3) is 22.2 Å². The van der Waals surface area contributed by atoms with Crippen LogP contribution in [-0.2, 0) is 9.47 Å². The fourth-order valence-electron chi connectivity index (χ4n) is 3.48. The molecule has 0 aliphatic carbocycles. The Bertz CT molecular complexity index is 1380. The highest BCUT2D eigenvalue weighted by atomic mass is 16.6. The van der Waals surface area contributed by atoms with E-state index in [4.69, 9.17) is 14.2 Å². The van der Waals surface area contributed by atoms with Gasteiger partial charge < -0.3 is 24.6 Å². The number of carbonyl (C=O) groups excluding carboxylic acids is 1. The number of ether oxygens (including phenoxy) is 3. The number of rotatable bonds is 7. The summed E-state index contributed by atoms with van der Waals surface area (Å²) < 4.78 is 18.0. The van der Waals surface area contributed by atoms with Crippen molar-refractivity contribution in [1.82, 2.24) is 19.3 Å². The minimum atomic E-state index is -1.18. The molecule has 36 heavy (non-hydrogen) atoms. The predicted octanol–water partition coefficient (Wildman–Crippen LogP) is 4.98. The van der Waals surface area contributed by atoms with Gasteiger partial charge in [-0.25, -0.2) is 19.1 Å². The molecule has 4 aromatic rings. The Balaban J connectivity index is 1.60. The third-order valence-corrected chi connectivity index (χ3v) is 5.02. The van der Waals surface area contributed by atoms with Crippen LogP contribution in [0.1, 0.15) is 20.8 Å². The highest BCUT2D eigenvalue weighted by Crippen LogP contribution is 2.30. The molecule has 11 heteroatoms. The molecule has 2 N–H and O–H groups in total. The van der Waals surface area contributed by atoms with E-state index in [9.17, 15) is 14.7 Å². The first-order chi connectivity index (χ1) is 17.1. The molecule has 1 aromatic carbocycles. The van der Waals surface area contributed by atoms with Gasteiger partial charge in [0, 0.05) is 42.2 Å². The zero-order chi connectivity index (χ0) is 25.9. The van der Waals surface area contributed by atoms with Crippen molar-refractivity contribution in [2.75, 3.05) is 25.6 Å². The molecule has 0 spiro atoms. The number of nitrogens with one attached hydrogen (secondary N) is 1. The van der Waals surface area contributed by atoms with Crippen LogP contribution in [-0.4, -0.2) is 62.5 Å². The van der Waals surface area contributed by atoms with Gasteiger partial charge in [-0.3, -0.25) is 0 Å². The van der Waals surface area contributed by atoms with Gasteiger partial charge in [-0.05, 0) is 51.1 Å². The quantitative estimate of drug-likeness (QED) is 0.342. The summed E-state index contributed by atoms with van der Waals surface area (Å²) in [5.41, 5.74) is 1.29. The molecule has 0 amide bonds. The Kier molecular flexibility index (Phi) is 6.93. The minimum Gasteiger partial charge on any atom is -0.491 e. The molecular formula is C25H27N5O6. The van der Waals surface area contributed by atoms with E-state index in [0.29, 0.717) is 46.9 Å². The van der Waals surface area contributed by atoms with Crippen LogP contribution in [0.5, 0.6) is 5.75 Å². The van der Waals surface area contributed by atoms with Crippen LogP contribution in [0.15, 0.2) is 55.0 Å². The second-order valence-corrected chi connectivity index (χ2v) is 8.92. The van der Waals surface area contributed by atoms with E-state index in [-0.39, 0.29) is 0 Å². The summed E-state index contributed by atoms with van der Waals surface area (Å²) >= 11 is 0. The number of methoxy groups -OCH3 is 1. The number of benzene rings is 1. The van der Waals surface area contributed by atoms with E-state index in [0.717, 1.165) is 14.9 Å². The van der Waals surface area contributed by atoms with Gasteiger partial charge in [-0.1, -0.05) is 0 Å². The first-order valence-electron chi connectivity index (χ1n) is 11.2. The highest BCUT2D eigenvalue weighted by molar-refractivity contribution is 5.96. The van der Waals surface area contributed by atoms with Crippen molar-refractivity contribution in [3.63, 3.8) is 0 Å². The maximum atomic E-state index is 12.3. The molecule has 3 aromatic heterocycles. The summed E-state index contributed by atoms with van der Waals surface area (Å²) in [6.07, 6.45) is 2.60. The molecule has 0 saturated heterocycles. The fourth-order valence-corrected chi connectivity index (χ4v) is 3.48. The Morgan fingerprint density at radius 3 is 2.50 bits per heavy atom. The Hall–Kier alpha value is -4.38. The molecule has 0 fully saturated rings. The lowest BCUT2D eigenvalue weighted by atomic mass is 10.2. The van der Waals surface area contributed by atoms with Crippen molar-refractivity contribution < 1.29 is 28.9 Å². The smallest absolute Gasteiger partial charge is 0.435 e. The molecule has 4 rings (SSSR count). The van der Waals surface area contributed by atoms with E-state index in [1.807, 2.05) is 24.3 Å². The Morgan fingerprint density at radius 2 is 1.83 bits per heavy atom. The van der Waals surface area contributed by atoms with Crippen LogP contribution in [0.3, 0.4) is 0 Å². The number of nitrogens with zero attached hydrogens (tertiary/aromatic N) is 4. The molecule has 11 nitrogen and oxygen atoms in total. The third-order valence-electron chi connectivity index (χ3n) is 5.02. The van der Waals surface area contributed by atoms with Crippen molar-refractivity contribution >= 4 is 34.6 Å². The lowest BCUT2D eigenvalue weighted by Crippen LogP contribution is -2.27. The van der Waals surface area contributed by atoms with E-state index in [1.54, 1.807) is 46.2 Å². The summed E-state index contributed by atoms with van der Waals surface area (Å²) in [6, 6.07) is 10.6. The lowest BCUT2D eigenvalue weighted by Gasteiger charge is -2.18. The first-order valence-corrected chi connectivity index (χ1v) is 11.2. The largest absolute Gasteiger partial charge is 0.491 e. The summed E-state index contributed by atoms with van der Waals surface area (Å²) in [5.74, 6) is 1.17. The summed E-state index contributed by atoms with van der Waals surface area (Å²) in [6.45, 7) is 6.20. The van der Waals surface area contributed by atoms with Crippen LogP contribution in [0, 0.1) is 0 Å². The Morgan fingerprint density at radius 1 is 1.08 bits per heavy atom. The van der Waals surface area contributed by atoms with Crippen molar-refractivity contribution in [1.29, 1.82) is 0 Å². The van der Waals surface area contributed by atoms with E-state index >= 15 is 0 Å². The number of hydrogen-bond acceptors (Lipinski definition) is 8. The van der Waals surface area contributed by atoms with Crippen LogP contribution < -0.4 is 10.1 Å². The third kappa shape index (κ3) is 5.63. The lowest BCUT2D eigenvalue weighted by molar-refractivity contribution is 0.0514. The molecule has 3 heterocycles. The van der Waals surface area contributed by atoms with Crippen LogP contribution >= 0.6 is 0 Å². The molecular weight excluding hydrogens is 466 g/mol. The molecule has 0 unspecified atom stereocenters. The van der Waals surface area contributed by atoms with Gasteiger partial charge in [-0.2, -0.15) is 9.78 Å². The monoisotopic (exact) mass is 493 g/mol. The standard InChI is InChI=1S/C25H27N5O6/c1-25(2,3)36-24(33)29-15-17(14-27-29)20-11-16-13-26-22(12-21(16)30(20)23(31)32)28-18-5-7-19(8-6-18)35-10-9-34-4/h5-8,11-15H,9-10H2,1-4H3,(H,26,28)(H,31,32). The van der Waals surface area contributed by atoms with Crippen molar-refractivity contribution in [3.05, 3.63) is 55.0 Å². The Labute approximate surface area is 207 Å². The summed E-state index contributed by atoms with van der Waals surface area (Å²) in [5, 5.41) is 17.8. The number of fused-ring (bicyclic) bond motifs is 1. The van der Waals surface area contributed by atoms with Gasteiger partial charge in [0.05, 0.1) is 24.0 Å². The second-order valence-electron chi connectivity index (χ2n) is 8.92. The van der Waals surface area contributed by atoms with Crippen LogP contribution in [0.4, 0.5) is 21.1 Å². The average Bonchev–Trinajstić information content (AvgIpc) is 3.44. The van der Waals surface area contributed by atoms with Gasteiger partial charge in [0.1, 0.15) is 23.8 Å². The molecule has 0 saturated carbocycles. The van der Waals surface area contributed by atoms with Gasteiger partial charge in [0.2, 0.25) is 0 Å². The summed E-state index contributed by atoms with van der Waals surface area (Å²) in [4.78, 5) is 28.9. The average molecular weight is 494 g/mol. The number of carboxylic acid groups (broad SMARTS) is 1. The normalized spacial score (nSPS) is 11.4. The summed E-state index contributed by atoms with van der Waals surface area (Å²) in [7, 11) is 1.61. The number of aromatic nitrogens is 4. The molecule has 0 atom stereocenters. The van der Waals surface area contributed by atoms with E-state index in [2.05, 4.69) is 15.4 Å². The number of anilines is 2. The minimum absolute atomic E-state index is 0.351. The van der Waals surface area contributed by atoms with Crippen molar-refractivity contribution in [3.8, 4) is 17.0 Å². The van der Waals surface area contributed by atoms with Gasteiger partial charge in [0.25, 0.3) is 0 Å². The molecule has 188 valence electrons. The highest BCUT2D eigenvalue weighted by Gasteiger charge is 2.21. The maximum absolute atomic E-state index is 12.3. The number of pyridine rings is 1. The molecule has 0 aliphatic rings. The topological polar surface area (TPSA) is 130 Å². The van der Waals surface area contributed by atoms with Gasteiger partial charge in [-0.15, -0.1) is 0 Å². The fraction of sp³-hybridized carbons (Fsp3) is 0.280. The zero-order valence-corrected chi connectivity index (χ0v) is 20.4. The van der Waals surface area contributed by atoms with Gasteiger partial charge in [0.15, 0.2) is 0 Å². The maximum Gasteiger partial charge on any atom is 0.435 e. The van der Waals surface area contributed by atoms with Gasteiger partial charge >= 0.3 is 12.2 Å². The molecule has 0 radical (unpaired) electrons. The zero-order valence-electron chi connectivity index (χ0n) is 20.4. The SMILES string of the molecule is COCCOc1ccc(Nc2cc3c(cn2)cc(-c2cnn(C(=O)OC(C)(C)C)c2)n3C(=O)O)cc1. The second kappa shape index (κ2) is 10.1. The van der Waals surface area contributed by atoms with Crippen molar-refractivity contribution in [2.45, 2.75) is 26.4 Å². The molecule has 0 bridgehead atoms. The van der Waals surface area contributed by atoms with E-state index < -0.39 is 17.8 Å².